The number of aliphatic hydroxyl groups is 1. The molecule has 2 rings (SSSR count). The molecule has 6 nitrogen and oxygen atoms in total. The lowest BCUT2D eigenvalue weighted by molar-refractivity contribution is -0.131. The van der Waals surface area contributed by atoms with Gasteiger partial charge in [0.15, 0.2) is 6.61 Å². The number of hydrogen-bond acceptors (Lipinski definition) is 5. The first-order valence-electron chi connectivity index (χ1n) is 5.93. The van der Waals surface area contributed by atoms with Crippen molar-refractivity contribution in [1.29, 1.82) is 0 Å². The molecule has 1 aromatic heterocycles. The van der Waals surface area contributed by atoms with E-state index in [1.54, 1.807) is 13.0 Å². The molecule has 1 heterocycles. The lowest BCUT2D eigenvalue weighted by Gasteiger charge is -2.49. The fourth-order valence-corrected chi connectivity index (χ4v) is 1.93. The highest BCUT2D eigenvalue weighted by Crippen LogP contribution is 2.40. The molecule has 100 valence electrons. The minimum Gasteiger partial charge on any atom is -0.465 e. The van der Waals surface area contributed by atoms with Crippen LogP contribution < -0.4 is 10.1 Å². The van der Waals surface area contributed by atoms with Gasteiger partial charge in [0.05, 0.1) is 6.10 Å². The first-order valence-corrected chi connectivity index (χ1v) is 5.93. The van der Waals surface area contributed by atoms with Crippen LogP contribution in [0.4, 0.5) is 0 Å². The number of carbonyl (C=O) groups is 1. The fourth-order valence-electron chi connectivity index (χ4n) is 1.93. The zero-order chi connectivity index (χ0) is 13.3. The van der Waals surface area contributed by atoms with Crippen LogP contribution in [0.1, 0.15) is 26.0 Å². The predicted molar refractivity (Wildman–Crippen MR) is 63.1 cm³/mol. The quantitative estimate of drug-likeness (QED) is 0.823. The molecule has 2 N–H and O–H groups in total. The summed E-state index contributed by atoms with van der Waals surface area (Å²) in [5.41, 5.74) is -0.278. The number of nitrogens with one attached hydrogen (secondary N) is 1. The third kappa shape index (κ3) is 2.48. The standard InChI is InChI=1S/C12H18N2O4/c1-7-4-11(14-18-7)17-6-10(16)13-8-5-9(15)12(8,2)3/h4,8-9,15H,5-6H2,1-3H3,(H,13,16). The Morgan fingerprint density at radius 3 is 2.94 bits per heavy atom. The second kappa shape index (κ2) is 4.61. The number of ether oxygens (including phenoxy) is 1. The Labute approximate surface area is 105 Å². The maximum atomic E-state index is 11.6. The Bertz CT molecular complexity index is 441. The van der Waals surface area contributed by atoms with Crippen molar-refractivity contribution in [1.82, 2.24) is 10.5 Å². The Hall–Kier alpha value is -1.56. The zero-order valence-electron chi connectivity index (χ0n) is 10.8. The van der Waals surface area contributed by atoms with Crippen molar-refractivity contribution in [3.63, 3.8) is 0 Å². The second-order valence-electron chi connectivity index (χ2n) is 5.26. The van der Waals surface area contributed by atoms with Gasteiger partial charge in [0.25, 0.3) is 11.8 Å². The van der Waals surface area contributed by atoms with Crippen LogP contribution in [0.25, 0.3) is 0 Å². The fraction of sp³-hybridized carbons (Fsp3) is 0.667. The van der Waals surface area contributed by atoms with Crippen LogP contribution in [0.3, 0.4) is 0 Å². The van der Waals surface area contributed by atoms with Crippen molar-refractivity contribution < 1.29 is 19.2 Å². The van der Waals surface area contributed by atoms with Crippen LogP contribution in [-0.4, -0.2) is 34.9 Å². The van der Waals surface area contributed by atoms with E-state index in [9.17, 15) is 9.90 Å². The first-order chi connectivity index (χ1) is 8.39. The Morgan fingerprint density at radius 1 is 1.72 bits per heavy atom. The van der Waals surface area contributed by atoms with Gasteiger partial charge < -0.3 is 19.7 Å². The molecule has 1 saturated carbocycles. The molecule has 1 aliphatic carbocycles. The molecule has 0 bridgehead atoms. The molecule has 0 saturated heterocycles. The number of aromatic nitrogens is 1. The smallest absolute Gasteiger partial charge is 0.258 e. The molecule has 0 spiro atoms. The number of nitrogens with zero attached hydrogens (tertiary/aromatic N) is 1. The van der Waals surface area contributed by atoms with Crippen LogP contribution in [0.15, 0.2) is 10.6 Å². The van der Waals surface area contributed by atoms with Gasteiger partial charge in [-0.25, -0.2) is 0 Å². The zero-order valence-corrected chi connectivity index (χ0v) is 10.8. The molecule has 6 heteroatoms. The average Bonchev–Trinajstić information content (AvgIpc) is 2.72. The molecule has 1 aromatic rings. The van der Waals surface area contributed by atoms with E-state index in [2.05, 4.69) is 10.5 Å². The molecule has 1 aliphatic rings. The van der Waals surface area contributed by atoms with Gasteiger partial charge in [-0.3, -0.25) is 4.79 Å². The van der Waals surface area contributed by atoms with E-state index in [1.807, 2.05) is 13.8 Å². The number of carbonyl (C=O) groups excluding carboxylic acids is 1. The lowest BCUT2D eigenvalue weighted by Crippen LogP contribution is -2.61. The molecular formula is C12H18N2O4. The predicted octanol–water partition coefficient (Wildman–Crippen LogP) is 0.637. The third-order valence-electron chi connectivity index (χ3n) is 3.51. The topological polar surface area (TPSA) is 84.6 Å². The van der Waals surface area contributed by atoms with E-state index in [1.165, 1.54) is 0 Å². The van der Waals surface area contributed by atoms with Gasteiger partial charge >= 0.3 is 0 Å². The van der Waals surface area contributed by atoms with E-state index in [0.29, 0.717) is 18.1 Å². The summed E-state index contributed by atoms with van der Waals surface area (Å²) in [6.45, 7) is 5.49. The van der Waals surface area contributed by atoms with E-state index >= 15 is 0 Å². The van der Waals surface area contributed by atoms with Crippen LogP contribution >= 0.6 is 0 Å². The Balaban J connectivity index is 1.76. The van der Waals surface area contributed by atoms with Crippen LogP contribution in [0, 0.1) is 12.3 Å². The number of aliphatic hydroxyl groups excluding tert-OH is 1. The highest BCUT2D eigenvalue weighted by atomic mass is 16.5. The first kappa shape index (κ1) is 12.9. The summed E-state index contributed by atoms with van der Waals surface area (Å²) in [5, 5.41) is 16.0. The van der Waals surface area contributed by atoms with Gasteiger partial charge in [-0.05, 0) is 18.5 Å². The Kier molecular flexibility index (Phi) is 3.30. The minimum atomic E-state index is -0.359. The van der Waals surface area contributed by atoms with Crippen LogP contribution in [0.5, 0.6) is 5.88 Å². The molecular weight excluding hydrogens is 236 g/mol. The van der Waals surface area contributed by atoms with E-state index < -0.39 is 0 Å². The van der Waals surface area contributed by atoms with Gasteiger partial charge in [-0.15, -0.1) is 0 Å². The van der Waals surface area contributed by atoms with Crippen LogP contribution in [0.2, 0.25) is 0 Å². The molecule has 0 radical (unpaired) electrons. The second-order valence-corrected chi connectivity index (χ2v) is 5.26. The Morgan fingerprint density at radius 2 is 2.44 bits per heavy atom. The molecule has 0 aromatic carbocycles. The van der Waals surface area contributed by atoms with Crippen molar-refractivity contribution in [3.8, 4) is 5.88 Å². The molecule has 2 unspecified atom stereocenters. The van der Waals surface area contributed by atoms with Crippen molar-refractivity contribution in [2.75, 3.05) is 6.61 Å². The van der Waals surface area contributed by atoms with Crippen molar-refractivity contribution in [3.05, 3.63) is 11.8 Å². The number of hydrogen-bond donors (Lipinski definition) is 2. The maximum absolute atomic E-state index is 11.6. The van der Waals surface area contributed by atoms with E-state index in [-0.39, 0.29) is 30.1 Å². The maximum Gasteiger partial charge on any atom is 0.258 e. The number of aryl methyl sites for hydroxylation is 1. The van der Waals surface area contributed by atoms with E-state index in [4.69, 9.17) is 9.26 Å². The van der Waals surface area contributed by atoms with E-state index in [0.717, 1.165) is 0 Å². The average molecular weight is 254 g/mol. The summed E-state index contributed by atoms with van der Waals surface area (Å²) < 4.78 is 9.99. The molecule has 18 heavy (non-hydrogen) atoms. The summed E-state index contributed by atoms with van der Waals surface area (Å²) in [6, 6.07) is 1.60. The summed E-state index contributed by atoms with van der Waals surface area (Å²) in [4.78, 5) is 11.6. The molecule has 1 amide bonds. The van der Waals surface area contributed by atoms with Crippen molar-refractivity contribution in [2.45, 2.75) is 39.3 Å². The van der Waals surface area contributed by atoms with Crippen LogP contribution in [-0.2, 0) is 4.79 Å². The highest BCUT2D eigenvalue weighted by molar-refractivity contribution is 5.78. The SMILES string of the molecule is Cc1cc(OCC(=O)NC2CC(O)C2(C)C)no1. The third-order valence-corrected chi connectivity index (χ3v) is 3.51. The summed E-state index contributed by atoms with van der Waals surface area (Å²) >= 11 is 0. The van der Waals surface area contributed by atoms with Gasteiger partial charge in [-0.1, -0.05) is 13.8 Å². The number of rotatable bonds is 4. The minimum absolute atomic E-state index is 0.0114. The van der Waals surface area contributed by atoms with Gasteiger partial charge in [-0.2, -0.15) is 0 Å². The monoisotopic (exact) mass is 254 g/mol. The summed E-state index contributed by atoms with van der Waals surface area (Å²) in [5.74, 6) is 0.713. The van der Waals surface area contributed by atoms with Crippen molar-refractivity contribution in [2.24, 2.45) is 5.41 Å². The largest absolute Gasteiger partial charge is 0.465 e. The summed E-state index contributed by atoms with van der Waals surface area (Å²) in [6.07, 6.45) is 0.226. The molecule has 2 atom stereocenters. The van der Waals surface area contributed by atoms with Gasteiger partial charge in [0, 0.05) is 17.5 Å². The lowest BCUT2D eigenvalue weighted by atomic mass is 9.64. The van der Waals surface area contributed by atoms with Gasteiger partial charge in [0.1, 0.15) is 5.76 Å². The van der Waals surface area contributed by atoms with Gasteiger partial charge in [0.2, 0.25) is 0 Å². The molecule has 1 fully saturated rings. The summed E-state index contributed by atoms with van der Waals surface area (Å²) in [7, 11) is 0. The molecule has 0 aliphatic heterocycles. The highest BCUT2D eigenvalue weighted by Gasteiger charge is 2.47. The number of amides is 1. The van der Waals surface area contributed by atoms with Crippen molar-refractivity contribution >= 4 is 5.91 Å². The normalized spacial score (nSPS) is 25.3.